The Morgan fingerprint density at radius 1 is 0.360 bits per heavy atom. The van der Waals surface area contributed by atoms with Gasteiger partial charge in [-0.1, -0.05) is 229 Å². The average Bonchev–Trinajstić information content (AvgIpc) is 1.23. The maximum Gasteiger partial charge on any atom is 0.481 e. The van der Waals surface area contributed by atoms with Crippen molar-refractivity contribution in [3.05, 3.63) is 0 Å². The van der Waals surface area contributed by atoms with Gasteiger partial charge in [-0.05, 0) is 164 Å². The van der Waals surface area contributed by atoms with E-state index in [0.717, 1.165) is 44.9 Å². The zero-order valence-electron chi connectivity index (χ0n) is 55.8. The zero-order valence-corrected chi connectivity index (χ0v) is 57.5. The van der Waals surface area contributed by atoms with Gasteiger partial charge in [0.2, 0.25) is 0 Å². The predicted octanol–water partition coefficient (Wildman–Crippen LogP) is 19.7. The maximum atomic E-state index is 7.23. The Labute approximate surface area is 531 Å². The normalized spacial score (nSPS) is 19.5. The van der Waals surface area contributed by atoms with Crippen LogP contribution in [0.3, 0.4) is 0 Å². The van der Waals surface area contributed by atoms with Crippen molar-refractivity contribution >= 4 is 17.2 Å². The minimum absolute atomic E-state index is 0.0429. The van der Waals surface area contributed by atoms with Gasteiger partial charge in [0, 0.05) is 59.2 Å². The molecule has 2 aliphatic carbocycles. The van der Waals surface area contributed by atoms with Crippen LogP contribution in [0.2, 0.25) is 0 Å². The third kappa shape index (κ3) is 37.0. The molecule has 2 rings (SSSR count). The third-order valence-electron chi connectivity index (χ3n) is 16.6. The Hall–Kier alpha value is -4.98. The number of hydrogen-bond donors (Lipinski definition) is 0. The van der Waals surface area contributed by atoms with Crippen molar-refractivity contribution in [2.24, 2.45) is 52.3 Å². The molecule has 86 heavy (non-hydrogen) atoms. The Morgan fingerprint density at radius 3 is 0.953 bits per heavy atom. The summed E-state index contributed by atoms with van der Waals surface area (Å²) < 4.78 is 39.4. The van der Waals surface area contributed by atoms with Crippen LogP contribution in [-0.4, -0.2) is 25.4 Å². The molecule has 0 aromatic heterocycles. The van der Waals surface area contributed by atoms with Crippen LogP contribution in [0.1, 0.15) is 270 Å². The monoisotopic (exact) mass is 1200 g/mol. The summed E-state index contributed by atoms with van der Waals surface area (Å²) in [7, 11) is -3.51. The van der Waals surface area contributed by atoms with Crippen LogP contribution in [0.5, 0.6) is 0 Å². The van der Waals surface area contributed by atoms with Gasteiger partial charge in [0.1, 0.15) is 12.2 Å². The van der Waals surface area contributed by atoms with Gasteiger partial charge in [0.15, 0.2) is 0 Å². The fraction of sp³-hybridized carbons (Fsp3) is 0.692. The van der Waals surface area contributed by atoms with Crippen molar-refractivity contribution in [1.82, 2.24) is 0 Å². The quantitative estimate of drug-likeness (QED) is 0.0354. The van der Waals surface area contributed by atoms with E-state index in [-0.39, 0.29) is 29.0 Å². The second kappa shape index (κ2) is 49.9. The Balaban J connectivity index is 2.33. The summed E-state index contributed by atoms with van der Waals surface area (Å²) in [6.45, 7) is 31.0. The number of unbranched alkanes of at least 4 members (excludes halogenated alkanes) is 20. The summed E-state index contributed by atoms with van der Waals surface area (Å²) in [4.78, 5) is 0. The molecule has 0 aromatic carbocycles. The summed E-state index contributed by atoms with van der Waals surface area (Å²) in [6, 6.07) is 0. The van der Waals surface area contributed by atoms with Crippen LogP contribution < -0.4 is 0 Å². The van der Waals surface area contributed by atoms with E-state index >= 15 is 0 Å². The molecule has 0 amide bonds. The van der Waals surface area contributed by atoms with Crippen molar-refractivity contribution in [2.75, 3.05) is 13.2 Å². The summed E-state index contributed by atoms with van der Waals surface area (Å²) in [5, 5.41) is 0. The van der Waals surface area contributed by atoms with E-state index in [1.807, 2.05) is 0 Å². The van der Waals surface area contributed by atoms with Gasteiger partial charge in [-0.3, -0.25) is 4.52 Å². The molecule has 0 heterocycles. The van der Waals surface area contributed by atoms with E-state index in [9.17, 15) is 0 Å². The van der Waals surface area contributed by atoms with Crippen molar-refractivity contribution in [3.63, 3.8) is 0 Å². The van der Waals surface area contributed by atoms with Gasteiger partial charge in [0.25, 0.3) is 0 Å². The lowest BCUT2D eigenvalue weighted by atomic mass is 9.54. The second-order valence-electron chi connectivity index (χ2n) is 25.5. The zero-order chi connectivity index (χ0) is 62.8. The Morgan fingerprint density at radius 2 is 0.651 bits per heavy atom. The van der Waals surface area contributed by atoms with E-state index in [1.165, 1.54) is 135 Å². The first-order valence-corrected chi connectivity index (χ1v) is 35.3. The molecule has 6 nitrogen and oxygen atoms in total. The number of rotatable bonds is 36. The second-order valence-corrected chi connectivity index (χ2v) is 27.7. The SMILES string of the molecule is CC#CC#CC#CC#CC#CC#COP(OC#CC#CC#CC#CC#CC#CC)OC1CC(C)C(C(CCC)C2CC(C(C)(C)C)C(OP(OCCCCCCCCCCCCC)OCCCCCCCCCCCCC)CC2C)CC1C(C)(C)C. The van der Waals surface area contributed by atoms with Crippen LogP contribution in [0.4, 0.5) is 0 Å². The first-order chi connectivity index (χ1) is 41.7. The average molecular weight is 1200 g/mol. The molecule has 0 aromatic rings. The molecule has 0 spiro atoms. The first-order valence-electron chi connectivity index (χ1n) is 33.1. The summed E-state index contributed by atoms with van der Waals surface area (Å²) in [5.41, 5.74) is -0.0349. The molecule has 0 aliphatic heterocycles. The summed E-state index contributed by atoms with van der Waals surface area (Å²) >= 11 is 0. The lowest BCUT2D eigenvalue weighted by molar-refractivity contribution is -0.0765. The van der Waals surface area contributed by atoms with Crippen molar-refractivity contribution < 1.29 is 27.1 Å². The minimum atomic E-state index is -2.05. The lowest BCUT2D eigenvalue weighted by Gasteiger charge is -2.53. The smallest absolute Gasteiger partial charge is 0.362 e. The Bertz CT molecular complexity index is 2570. The molecular weight excluding hydrogens is 1090 g/mol. The largest absolute Gasteiger partial charge is 0.481 e. The van der Waals surface area contributed by atoms with Gasteiger partial charge in [-0.25, -0.2) is 0 Å². The Kier molecular flexibility index (Phi) is 44.8. The highest BCUT2D eigenvalue weighted by atomic mass is 31.2. The molecule has 8 heteroatoms. The standard InChI is InChI=1S/C78H108O6P2/c1-14-19-23-27-31-35-39-43-47-51-55-60-79-85(80-61-56-52-48-44-40-36-32-28-24-20-15-2)83-75-64-68(6)71(66-73(75)77(8,9)10)70(59-18-5)72-67-74(78(11,12)13)76(65-69(72)7)84-86(81-62-57-53-49-45-41-37-33-29-25-21-16-3)82-63-58-54-50-46-42-38-34-30-26-22-17-4/h68-76H,14-15,18-20,23-24,27-28,31-32,35-36,39-40,43-44,47-48,51-52,55-56,59-61,64-67H2,1-13H3. The molecule has 0 N–H and O–H groups in total. The first kappa shape index (κ1) is 77.1. The minimum Gasteiger partial charge on any atom is -0.362 e. The third-order valence-corrected chi connectivity index (χ3v) is 18.8. The van der Waals surface area contributed by atoms with E-state index in [1.54, 1.807) is 13.8 Å². The molecule has 2 aliphatic rings. The van der Waals surface area contributed by atoms with Gasteiger partial charge < -0.3 is 22.6 Å². The van der Waals surface area contributed by atoms with Gasteiger partial charge in [-0.2, -0.15) is 0 Å². The van der Waals surface area contributed by atoms with Gasteiger partial charge in [-0.15, -0.1) is 0 Å². The highest BCUT2D eigenvalue weighted by Gasteiger charge is 2.50. The molecule has 0 radical (unpaired) electrons. The van der Waals surface area contributed by atoms with Crippen molar-refractivity contribution in [3.8, 4) is 142 Å². The summed E-state index contributed by atoms with van der Waals surface area (Å²) in [5.74, 6) is 61.4. The van der Waals surface area contributed by atoms with E-state index < -0.39 is 17.2 Å². The predicted molar refractivity (Wildman–Crippen MR) is 363 cm³/mol. The van der Waals surface area contributed by atoms with Crippen LogP contribution in [-0.2, 0) is 27.1 Å². The van der Waals surface area contributed by atoms with Crippen LogP contribution >= 0.6 is 17.2 Å². The van der Waals surface area contributed by atoms with Gasteiger partial charge >= 0.3 is 17.2 Å². The maximum absolute atomic E-state index is 7.23. The lowest BCUT2D eigenvalue weighted by Crippen LogP contribution is -2.48. The van der Waals surface area contributed by atoms with E-state index in [2.05, 4.69) is 219 Å². The van der Waals surface area contributed by atoms with Crippen LogP contribution in [0, 0.1) is 195 Å². The highest BCUT2D eigenvalue weighted by molar-refractivity contribution is 7.42. The summed E-state index contributed by atoms with van der Waals surface area (Å²) in [6.07, 6.45) is 40.5. The molecule has 9 atom stereocenters. The fourth-order valence-corrected chi connectivity index (χ4v) is 14.1. The topological polar surface area (TPSA) is 55.4 Å². The molecule has 2 fully saturated rings. The molecule has 9 unspecified atom stereocenters. The van der Waals surface area contributed by atoms with Crippen LogP contribution in [0.25, 0.3) is 0 Å². The van der Waals surface area contributed by atoms with Gasteiger partial charge in [0.05, 0.1) is 25.4 Å². The van der Waals surface area contributed by atoms with E-state index in [0.29, 0.717) is 48.7 Å². The highest BCUT2D eigenvalue weighted by Crippen LogP contribution is 2.57. The fourth-order valence-electron chi connectivity index (χ4n) is 12.1. The molecule has 0 bridgehead atoms. The molecule has 466 valence electrons. The molecule has 0 saturated heterocycles. The van der Waals surface area contributed by atoms with Crippen LogP contribution in [0.15, 0.2) is 0 Å². The van der Waals surface area contributed by atoms with E-state index in [4.69, 9.17) is 27.1 Å². The number of hydrogen-bond acceptors (Lipinski definition) is 6. The molecule has 2 saturated carbocycles. The molecular formula is C78H108O6P2. The van der Waals surface area contributed by atoms with Crippen molar-refractivity contribution in [2.45, 2.75) is 282 Å². The van der Waals surface area contributed by atoms with Crippen molar-refractivity contribution in [1.29, 1.82) is 0 Å².